The highest BCUT2D eigenvalue weighted by Crippen LogP contribution is 2.10. The Balaban J connectivity index is 2.23. The average Bonchev–Trinajstić information content (AvgIpc) is 2.74. The lowest BCUT2D eigenvalue weighted by Gasteiger charge is -2.26. The molecule has 0 radical (unpaired) electrons. The maximum atomic E-state index is 12.2. The highest BCUT2D eigenvalue weighted by molar-refractivity contribution is 5.93. The summed E-state index contributed by atoms with van der Waals surface area (Å²) in [5, 5.41) is 12.7. The standard InChI is InChI=1S/C12H17N3O3/c1-7-3-10(16)8(4-14-7)12(18)15(2)9-5-13-6-11(9)17/h3-4,9,11,13,17H,5-6H2,1-2H3,(H,14,16)/t9-,11-/m1/s1. The molecule has 1 aliphatic heterocycles. The van der Waals surface area contributed by atoms with E-state index in [4.69, 9.17) is 0 Å². The molecule has 3 N–H and O–H groups in total. The number of aliphatic hydroxyl groups excluding tert-OH is 1. The Morgan fingerprint density at radius 2 is 2.22 bits per heavy atom. The Labute approximate surface area is 105 Å². The van der Waals surface area contributed by atoms with E-state index in [1.165, 1.54) is 17.2 Å². The summed E-state index contributed by atoms with van der Waals surface area (Å²) in [5.41, 5.74) is 0.507. The summed E-state index contributed by atoms with van der Waals surface area (Å²) in [6, 6.07) is 1.10. The van der Waals surface area contributed by atoms with Crippen molar-refractivity contribution in [3.05, 3.63) is 33.7 Å². The van der Waals surface area contributed by atoms with E-state index in [0.29, 0.717) is 18.8 Å². The van der Waals surface area contributed by atoms with Crippen molar-refractivity contribution in [2.45, 2.75) is 19.1 Å². The van der Waals surface area contributed by atoms with Gasteiger partial charge in [-0.05, 0) is 6.92 Å². The van der Waals surface area contributed by atoms with Gasteiger partial charge in [0.05, 0.1) is 12.1 Å². The van der Waals surface area contributed by atoms with E-state index in [-0.39, 0.29) is 22.9 Å². The number of amides is 1. The molecule has 18 heavy (non-hydrogen) atoms. The van der Waals surface area contributed by atoms with Gasteiger partial charge in [-0.1, -0.05) is 0 Å². The number of carbonyl (C=O) groups is 1. The van der Waals surface area contributed by atoms with Gasteiger partial charge in [0.2, 0.25) is 0 Å². The quantitative estimate of drug-likeness (QED) is 0.635. The fraction of sp³-hybridized carbons (Fsp3) is 0.500. The van der Waals surface area contributed by atoms with Crippen LogP contribution in [0.2, 0.25) is 0 Å². The van der Waals surface area contributed by atoms with Crippen LogP contribution in [0, 0.1) is 6.92 Å². The van der Waals surface area contributed by atoms with Crippen LogP contribution in [0.1, 0.15) is 16.1 Å². The molecular formula is C12H17N3O3. The van der Waals surface area contributed by atoms with Gasteiger partial charge >= 0.3 is 0 Å². The SMILES string of the molecule is Cc1cc(=O)c(C(=O)N(C)[C@@H]2CNC[C@H]2O)c[nH]1. The van der Waals surface area contributed by atoms with Gasteiger partial charge in [-0.3, -0.25) is 9.59 Å². The molecule has 1 aromatic rings. The van der Waals surface area contributed by atoms with Crippen LogP contribution in [0.4, 0.5) is 0 Å². The molecule has 1 saturated heterocycles. The van der Waals surface area contributed by atoms with Crippen molar-refractivity contribution in [3.63, 3.8) is 0 Å². The number of aryl methyl sites for hydroxylation is 1. The third-order valence-electron chi connectivity index (χ3n) is 3.26. The Morgan fingerprint density at radius 1 is 1.50 bits per heavy atom. The van der Waals surface area contributed by atoms with Gasteiger partial charge in [-0.15, -0.1) is 0 Å². The summed E-state index contributed by atoms with van der Waals surface area (Å²) >= 11 is 0. The molecular weight excluding hydrogens is 234 g/mol. The molecule has 2 atom stereocenters. The van der Waals surface area contributed by atoms with Crippen molar-refractivity contribution in [2.24, 2.45) is 0 Å². The molecule has 0 aliphatic carbocycles. The Bertz CT molecular complexity index is 512. The molecule has 1 aliphatic rings. The number of aromatic amines is 1. The first-order valence-electron chi connectivity index (χ1n) is 5.86. The van der Waals surface area contributed by atoms with Crippen molar-refractivity contribution in [1.29, 1.82) is 0 Å². The second kappa shape index (κ2) is 4.91. The fourth-order valence-corrected chi connectivity index (χ4v) is 2.13. The van der Waals surface area contributed by atoms with Crippen molar-refractivity contribution in [1.82, 2.24) is 15.2 Å². The van der Waals surface area contributed by atoms with E-state index in [9.17, 15) is 14.7 Å². The summed E-state index contributed by atoms with van der Waals surface area (Å²) in [5.74, 6) is -0.371. The maximum absolute atomic E-state index is 12.2. The number of rotatable bonds is 2. The lowest BCUT2D eigenvalue weighted by atomic mass is 10.1. The second-order valence-electron chi connectivity index (χ2n) is 4.60. The van der Waals surface area contributed by atoms with Crippen LogP contribution < -0.4 is 10.7 Å². The number of aliphatic hydroxyl groups is 1. The lowest BCUT2D eigenvalue weighted by Crippen LogP contribution is -2.45. The molecule has 6 heteroatoms. The van der Waals surface area contributed by atoms with Crippen molar-refractivity contribution in [2.75, 3.05) is 20.1 Å². The molecule has 1 fully saturated rings. The monoisotopic (exact) mass is 251 g/mol. The van der Waals surface area contributed by atoms with Gasteiger partial charge in [0.1, 0.15) is 5.56 Å². The number of hydrogen-bond acceptors (Lipinski definition) is 4. The first kappa shape index (κ1) is 12.8. The maximum Gasteiger partial charge on any atom is 0.259 e. The minimum Gasteiger partial charge on any atom is -0.390 e. The van der Waals surface area contributed by atoms with Gasteiger partial charge in [-0.25, -0.2) is 0 Å². The Morgan fingerprint density at radius 3 is 2.78 bits per heavy atom. The zero-order chi connectivity index (χ0) is 13.3. The van der Waals surface area contributed by atoms with Crippen LogP contribution >= 0.6 is 0 Å². The summed E-state index contributed by atoms with van der Waals surface area (Å²) < 4.78 is 0. The van der Waals surface area contributed by atoms with E-state index >= 15 is 0 Å². The number of hydrogen-bond donors (Lipinski definition) is 3. The molecule has 0 aromatic carbocycles. The zero-order valence-corrected chi connectivity index (χ0v) is 10.4. The molecule has 2 rings (SSSR count). The number of H-pyrrole nitrogens is 1. The van der Waals surface area contributed by atoms with Crippen molar-refractivity contribution < 1.29 is 9.90 Å². The third-order valence-corrected chi connectivity index (χ3v) is 3.26. The minimum absolute atomic E-state index is 0.0993. The summed E-state index contributed by atoms with van der Waals surface area (Å²) in [6.07, 6.45) is 0.828. The van der Waals surface area contributed by atoms with E-state index in [1.54, 1.807) is 14.0 Å². The highest BCUT2D eigenvalue weighted by Gasteiger charge is 2.32. The van der Waals surface area contributed by atoms with Crippen LogP contribution in [0.3, 0.4) is 0 Å². The van der Waals surface area contributed by atoms with E-state index < -0.39 is 6.10 Å². The van der Waals surface area contributed by atoms with Crippen LogP contribution in [0.25, 0.3) is 0 Å². The summed E-state index contributed by atoms with van der Waals surface area (Å²) in [7, 11) is 1.60. The molecule has 0 saturated carbocycles. The Hall–Kier alpha value is -1.66. The number of nitrogens with zero attached hydrogens (tertiary/aromatic N) is 1. The predicted octanol–water partition coefficient (Wildman–Crippen LogP) is -0.912. The van der Waals surface area contributed by atoms with Crippen LogP contribution in [-0.2, 0) is 0 Å². The van der Waals surface area contributed by atoms with E-state index in [1.807, 2.05) is 0 Å². The number of nitrogens with one attached hydrogen (secondary N) is 2. The molecule has 2 heterocycles. The number of aromatic nitrogens is 1. The predicted molar refractivity (Wildman–Crippen MR) is 66.6 cm³/mol. The van der Waals surface area contributed by atoms with Crippen LogP contribution in [0.5, 0.6) is 0 Å². The van der Waals surface area contributed by atoms with Gasteiger partial charge in [-0.2, -0.15) is 0 Å². The molecule has 0 spiro atoms. The average molecular weight is 251 g/mol. The first-order valence-corrected chi connectivity index (χ1v) is 5.86. The van der Waals surface area contributed by atoms with Crippen molar-refractivity contribution >= 4 is 5.91 Å². The number of carbonyl (C=O) groups excluding carboxylic acids is 1. The van der Waals surface area contributed by atoms with Crippen LogP contribution in [0.15, 0.2) is 17.1 Å². The van der Waals surface area contributed by atoms with Crippen LogP contribution in [-0.4, -0.2) is 53.2 Å². The van der Waals surface area contributed by atoms with E-state index in [2.05, 4.69) is 10.3 Å². The second-order valence-corrected chi connectivity index (χ2v) is 4.60. The number of β-amino-alcohol motifs (C(OH)–C–C–N with tert-alkyl or cyclic N) is 1. The van der Waals surface area contributed by atoms with Gasteiger partial charge < -0.3 is 20.3 Å². The van der Waals surface area contributed by atoms with E-state index in [0.717, 1.165) is 0 Å². The van der Waals surface area contributed by atoms with Gasteiger partial charge in [0.15, 0.2) is 5.43 Å². The Kier molecular flexibility index (Phi) is 3.49. The van der Waals surface area contributed by atoms with Crippen molar-refractivity contribution in [3.8, 4) is 0 Å². The molecule has 0 unspecified atom stereocenters. The summed E-state index contributed by atoms with van der Waals surface area (Å²) in [4.78, 5) is 28.2. The molecule has 6 nitrogen and oxygen atoms in total. The molecule has 0 bridgehead atoms. The lowest BCUT2D eigenvalue weighted by molar-refractivity contribution is 0.0579. The topological polar surface area (TPSA) is 85.4 Å². The summed E-state index contributed by atoms with van der Waals surface area (Å²) in [6.45, 7) is 2.75. The number of likely N-dealkylation sites (N-methyl/N-ethyl adjacent to an activating group) is 1. The normalized spacial score (nSPS) is 23.1. The van der Waals surface area contributed by atoms with Gasteiger partial charge in [0.25, 0.3) is 5.91 Å². The first-order chi connectivity index (χ1) is 8.50. The number of pyridine rings is 1. The molecule has 1 aromatic heterocycles. The largest absolute Gasteiger partial charge is 0.390 e. The van der Waals surface area contributed by atoms with Gasteiger partial charge in [0, 0.05) is 38.1 Å². The minimum atomic E-state index is -0.594. The fourth-order valence-electron chi connectivity index (χ4n) is 2.13. The smallest absolute Gasteiger partial charge is 0.259 e. The highest BCUT2D eigenvalue weighted by atomic mass is 16.3. The molecule has 1 amide bonds. The zero-order valence-electron chi connectivity index (χ0n) is 10.4. The molecule has 98 valence electrons. The third kappa shape index (κ3) is 2.30.